The van der Waals surface area contributed by atoms with Gasteiger partial charge in [0.25, 0.3) is 5.56 Å². The van der Waals surface area contributed by atoms with Crippen LogP contribution in [0.15, 0.2) is 53.5 Å². The number of nitrogens with one attached hydrogen (secondary N) is 1. The van der Waals surface area contributed by atoms with E-state index in [1.54, 1.807) is 35.6 Å². The Hall–Kier alpha value is -3.62. The van der Waals surface area contributed by atoms with Crippen LogP contribution in [0.2, 0.25) is 0 Å². The molecule has 1 atom stereocenters. The first-order valence-electron chi connectivity index (χ1n) is 8.06. The first-order chi connectivity index (χ1) is 12.6. The number of pyridine rings is 1. The molecule has 9 nitrogen and oxygen atoms in total. The number of carbonyl (C=O) groups excluding carboxylic acids is 1. The van der Waals surface area contributed by atoms with E-state index in [9.17, 15) is 9.59 Å². The first-order valence-corrected chi connectivity index (χ1v) is 8.06. The summed E-state index contributed by atoms with van der Waals surface area (Å²) in [4.78, 5) is 25.0. The van der Waals surface area contributed by atoms with Gasteiger partial charge in [0.1, 0.15) is 11.6 Å². The van der Waals surface area contributed by atoms with Gasteiger partial charge >= 0.3 is 0 Å². The number of aromatic nitrogens is 6. The molecule has 1 amide bonds. The van der Waals surface area contributed by atoms with Crippen molar-refractivity contribution in [3.05, 3.63) is 64.8 Å². The molecule has 1 aromatic carbocycles. The summed E-state index contributed by atoms with van der Waals surface area (Å²) in [6.45, 7) is 1.78. The molecule has 0 radical (unpaired) electrons. The zero-order valence-electron chi connectivity index (χ0n) is 13.9. The molecule has 0 spiro atoms. The number of hydrogen-bond acceptors (Lipinski definition) is 6. The van der Waals surface area contributed by atoms with Gasteiger partial charge in [0.2, 0.25) is 5.91 Å². The summed E-state index contributed by atoms with van der Waals surface area (Å²) in [7, 11) is 0. The lowest BCUT2D eigenvalue weighted by atomic mass is 10.2. The van der Waals surface area contributed by atoms with Gasteiger partial charge in [0.05, 0.1) is 11.9 Å². The highest BCUT2D eigenvalue weighted by Gasteiger charge is 2.19. The molecule has 3 heterocycles. The van der Waals surface area contributed by atoms with E-state index in [0.29, 0.717) is 22.4 Å². The molecule has 130 valence electrons. The van der Waals surface area contributed by atoms with Crippen LogP contribution in [0, 0.1) is 0 Å². The van der Waals surface area contributed by atoms with Crippen LogP contribution in [0.1, 0.15) is 18.8 Å². The maximum absolute atomic E-state index is 12.5. The monoisotopic (exact) mass is 349 g/mol. The molecule has 0 aliphatic rings. The molecule has 0 saturated carbocycles. The van der Waals surface area contributed by atoms with E-state index in [2.05, 4.69) is 25.8 Å². The third-order valence-electron chi connectivity index (χ3n) is 4.14. The second-order valence-electron chi connectivity index (χ2n) is 5.80. The Labute approximate surface area is 147 Å². The molecule has 0 aliphatic heterocycles. The van der Waals surface area contributed by atoms with Crippen LogP contribution < -0.4 is 10.9 Å². The van der Waals surface area contributed by atoms with E-state index in [1.165, 1.54) is 0 Å². The minimum atomic E-state index is -0.807. The Morgan fingerprint density at radius 1 is 1.12 bits per heavy atom. The van der Waals surface area contributed by atoms with Crippen molar-refractivity contribution in [2.24, 2.45) is 0 Å². The lowest BCUT2D eigenvalue weighted by molar-refractivity contribution is -0.124. The van der Waals surface area contributed by atoms with Crippen LogP contribution in [0.25, 0.3) is 16.6 Å². The van der Waals surface area contributed by atoms with Crippen molar-refractivity contribution < 1.29 is 4.79 Å². The molecule has 26 heavy (non-hydrogen) atoms. The van der Waals surface area contributed by atoms with E-state index in [-0.39, 0.29) is 18.0 Å². The number of amides is 1. The average molecular weight is 349 g/mol. The topological polar surface area (TPSA) is 107 Å². The molecule has 0 saturated heterocycles. The smallest absolute Gasteiger partial charge is 0.278 e. The Bertz CT molecular complexity index is 1160. The van der Waals surface area contributed by atoms with E-state index >= 15 is 0 Å². The van der Waals surface area contributed by atoms with Crippen LogP contribution in [-0.4, -0.2) is 35.5 Å². The molecule has 3 aromatic heterocycles. The highest BCUT2D eigenvalue weighted by Crippen LogP contribution is 2.07. The number of benzene rings is 1. The number of fused-ring (bicyclic) bond motifs is 2. The Morgan fingerprint density at radius 3 is 2.81 bits per heavy atom. The number of rotatable bonds is 4. The zero-order chi connectivity index (χ0) is 18.1. The lowest BCUT2D eigenvalue weighted by Crippen LogP contribution is -2.37. The van der Waals surface area contributed by atoms with Gasteiger partial charge < -0.3 is 5.32 Å². The van der Waals surface area contributed by atoms with Crippen molar-refractivity contribution in [2.45, 2.75) is 19.5 Å². The summed E-state index contributed by atoms with van der Waals surface area (Å²) in [5.74, 6) is 0.238. The summed E-state index contributed by atoms with van der Waals surface area (Å²) < 4.78 is 2.87. The van der Waals surface area contributed by atoms with Gasteiger partial charge in [-0.05, 0) is 31.2 Å². The molecule has 1 N–H and O–H groups in total. The maximum Gasteiger partial charge on any atom is 0.278 e. The van der Waals surface area contributed by atoms with Crippen LogP contribution in [0.4, 0.5) is 0 Å². The Morgan fingerprint density at radius 2 is 1.92 bits per heavy atom. The normalized spacial score (nSPS) is 12.3. The maximum atomic E-state index is 12.5. The SMILES string of the molecule is CC(C(=O)NCc1nnc2ccccn12)n1nnc2ccccc2c1=O. The van der Waals surface area contributed by atoms with Gasteiger partial charge in [0.15, 0.2) is 11.5 Å². The fourth-order valence-corrected chi connectivity index (χ4v) is 2.69. The van der Waals surface area contributed by atoms with Gasteiger partial charge in [-0.2, -0.15) is 4.68 Å². The fraction of sp³-hybridized carbons (Fsp3) is 0.176. The van der Waals surface area contributed by atoms with Crippen molar-refractivity contribution in [3.8, 4) is 0 Å². The first kappa shape index (κ1) is 15.9. The summed E-state index contributed by atoms with van der Waals surface area (Å²) in [5, 5.41) is 19.2. The van der Waals surface area contributed by atoms with E-state index in [4.69, 9.17) is 0 Å². The Balaban J connectivity index is 1.55. The van der Waals surface area contributed by atoms with Crippen LogP contribution in [0.5, 0.6) is 0 Å². The number of hydrogen-bond donors (Lipinski definition) is 1. The van der Waals surface area contributed by atoms with Crippen molar-refractivity contribution in [3.63, 3.8) is 0 Å². The number of carbonyl (C=O) groups is 1. The average Bonchev–Trinajstić information content (AvgIpc) is 3.09. The highest BCUT2D eigenvalue weighted by atomic mass is 16.2. The predicted molar refractivity (Wildman–Crippen MR) is 93.3 cm³/mol. The Kier molecular flexibility index (Phi) is 3.88. The number of nitrogens with zero attached hydrogens (tertiary/aromatic N) is 6. The molecule has 9 heteroatoms. The summed E-state index contributed by atoms with van der Waals surface area (Å²) in [6, 6.07) is 11.6. The largest absolute Gasteiger partial charge is 0.347 e. The molecular weight excluding hydrogens is 334 g/mol. The van der Waals surface area contributed by atoms with Gasteiger partial charge in [-0.25, -0.2) is 0 Å². The standard InChI is InChI=1S/C17H15N7O2/c1-11(24-17(26)12-6-2-3-7-13(12)19-22-24)16(25)18-10-15-21-20-14-8-4-5-9-23(14)15/h2-9,11H,10H2,1H3,(H,18,25). The minimum absolute atomic E-state index is 0.185. The molecule has 0 aliphatic carbocycles. The summed E-state index contributed by atoms with van der Waals surface area (Å²) >= 11 is 0. The van der Waals surface area contributed by atoms with E-state index in [1.807, 2.05) is 24.4 Å². The summed E-state index contributed by atoms with van der Waals surface area (Å²) in [5.41, 5.74) is 0.837. The van der Waals surface area contributed by atoms with Crippen molar-refractivity contribution in [1.29, 1.82) is 0 Å². The lowest BCUT2D eigenvalue weighted by Gasteiger charge is -2.13. The van der Waals surface area contributed by atoms with Gasteiger partial charge in [0, 0.05) is 6.20 Å². The van der Waals surface area contributed by atoms with Gasteiger partial charge in [-0.3, -0.25) is 14.0 Å². The third kappa shape index (κ3) is 2.69. The van der Waals surface area contributed by atoms with E-state index < -0.39 is 6.04 Å². The zero-order valence-corrected chi connectivity index (χ0v) is 13.9. The van der Waals surface area contributed by atoms with Gasteiger partial charge in [-0.1, -0.05) is 23.4 Å². The molecule has 4 rings (SSSR count). The fourth-order valence-electron chi connectivity index (χ4n) is 2.69. The molecule has 0 fully saturated rings. The predicted octanol–water partition coefficient (Wildman–Crippen LogP) is 0.712. The third-order valence-corrected chi connectivity index (χ3v) is 4.14. The molecular formula is C17H15N7O2. The summed E-state index contributed by atoms with van der Waals surface area (Å²) in [6.07, 6.45) is 1.82. The van der Waals surface area contributed by atoms with Crippen molar-refractivity contribution >= 4 is 22.5 Å². The van der Waals surface area contributed by atoms with Gasteiger partial charge in [-0.15, -0.1) is 15.3 Å². The van der Waals surface area contributed by atoms with Crippen LogP contribution >= 0.6 is 0 Å². The van der Waals surface area contributed by atoms with Crippen molar-refractivity contribution in [2.75, 3.05) is 0 Å². The molecule has 0 bridgehead atoms. The van der Waals surface area contributed by atoms with Crippen LogP contribution in [-0.2, 0) is 11.3 Å². The molecule has 1 unspecified atom stereocenters. The highest BCUT2D eigenvalue weighted by molar-refractivity contribution is 5.81. The van der Waals surface area contributed by atoms with Crippen LogP contribution in [0.3, 0.4) is 0 Å². The second-order valence-corrected chi connectivity index (χ2v) is 5.80. The van der Waals surface area contributed by atoms with E-state index in [0.717, 1.165) is 4.68 Å². The molecule has 4 aromatic rings. The quantitative estimate of drug-likeness (QED) is 0.581. The minimum Gasteiger partial charge on any atom is -0.347 e. The van der Waals surface area contributed by atoms with Crippen molar-refractivity contribution in [1.82, 2.24) is 34.9 Å². The second kappa shape index (κ2) is 6.36.